The molecule has 0 spiro atoms. The lowest BCUT2D eigenvalue weighted by Gasteiger charge is -2.28. The lowest BCUT2D eigenvalue weighted by atomic mass is 9.79. The quantitative estimate of drug-likeness (QED) is 0.878. The van der Waals surface area contributed by atoms with Crippen molar-refractivity contribution >= 4 is 23.7 Å². The molecule has 0 saturated carbocycles. The molecular formula is C16H20N2O2S. The third-order valence-electron chi connectivity index (χ3n) is 4.57. The van der Waals surface area contributed by atoms with E-state index in [0.29, 0.717) is 28.7 Å². The number of aryl methyl sites for hydroxylation is 1. The van der Waals surface area contributed by atoms with Crippen molar-refractivity contribution in [3.05, 3.63) is 32.6 Å². The van der Waals surface area contributed by atoms with Crippen molar-refractivity contribution in [3.63, 3.8) is 0 Å². The van der Waals surface area contributed by atoms with Crippen LogP contribution in [0.5, 0.6) is 0 Å². The fourth-order valence-corrected chi connectivity index (χ4v) is 4.16. The SMILES string of the molecule is CC(C)C1CCc2[nH]c3c(c(=O)c2C1)C=C(C(N)=O)CS3. The number of rotatable bonds is 2. The van der Waals surface area contributed by atoms with Crippen molar-refractivity contribution < 1.29 is 4.79 Å². The molecule has 0 saturated heterocycles. The highest BCUT2D eigenvalue weighted by molar-refractivity contribution is 7.99. The lowest BCUT2D eigenvalue weighted by molar-refractivity contribution is -0.114. The molecule has 21 heavy (non-hydrogen) atoms. The van der Waals surface area contributed by atoms with Crippen LogP contribution in [0, 0.1) is 11.8 Å². The molecule has 0 aromatic carbocycles. The Hall–Kier alpha value is -1.49. The van der Waals surface area contributed by atoms with Crippen LogP contribution in [0.25, 0.3) is 6.08 Å². The molecule has 0 radical (unpaired) electrons. The first-order chi connectivity index (χ1) is 9.97. The number of carbonyl (C=O) groups is 1. The Morgan fingerprint density at radius 3 is 2.90 bits per heavy atom. The molecule has 0 fully saturated rings. The van der Waals surface area contributed by atoms with Gasteiger partial charge in [0.05, 0.1) is 10.6 Å². The van der Waals surface area contributed by atoms with Gasteiger partial charge >= 0.3 is 0 Å². The summed E-state index contributed by atoms with van der Waals surface area (Å²) in [5.74, 6) is 1.24. The largest absolute Gasteiger partial charge is 0.366 e. The van der Waals surface area contributed by atoms with E-state index in [-0.39, 0.29) is 5.43 Å². The zero-order valence-electron chi connectivity index (χ0n) is 12.4. The zero-order valence-corrected chi connectivity index (χ0v) is 13.2. The van der Waals surface area contributed by atoms with Gasteiger partial charge in [0, 0.05) is 22.6 Å². The van der Waals surface area contributed by atoms with Gasteiger partial charge in [-0.15, -0.1) is 11.8 Å². The Bertz CT molecular complexity index is 688. The number of nitrogens with one attached hydrogen (secondary N) is 1. The molecule has 2 heterocycles. The van der Waals surface area contributed by atoms with E-state index in [9.17, 15) is 9.59 Å². The van der Waals surface area contributed by atoms with E-state index in [2.05, 4.69) is 18.8 Å². The number of H-pyrrole nitrogens is 1. The minimum absolute atomic E-state index is 0.0788. The topological polar surface area (TPSA) is 75.9 Å². The molecule has 1 aromatic heterocycles. The molecular weight excluding hydrogens is 284 g/mol. The van der Waals surface area contributed by atoms with Gasteiger partial charge in [0.25, 0.3) is 0 Å². The molecule has 0 bridgehead atoms. The van der Waals surface area contributed by atoms with Crippen molar-refractivity contribution in [2.24, 2.45) is 17.6 Å². The van der Waals surface area contributed by atoms with Crippen LogP contribution in [0.2, 0.25) is 0 Å². The van der Waals surface area contributed by atoms with Crippen LogP contribution in [0.15, 0.2) is 15.4 Å². The summed E-state index contributed by atoms with van der Waals surface area (Å²) in [6, 6.07) is 0. The first kappa shape index (κ1) is 14.4. The van der Waals surface area contributed by atoms with E-state index in [1.807, 2.05) is 0 Å². The summed E-state index contributed by atoms with van der Waals surface area (Å²) in [6.45, 7) is 4.42. The molecule has 1 aliphatic carbocycles. The molecule has 1 aromatic rings. The summed E-state index contributed by atoms with van der Waals surface area (Å²) in [7, 11) is 0. The summed E-state index contributed by atoms with van der Waals surface area (Å²) < 4.78 is 0. The van der Waals surface area contributed by atoms with Gasteiger partial charge in [-0.25, -0.2) is 0 Å². The number of nitrogens with two attached hydrogens (primary N) is 1. The Kier molecular flexibility index (Phi) is 3.69. The molecule has 3 rings (SSSR count). The Morgan fingerprint density at radius 2 is 2.24 bits per heavy atom. The number of fused-ring (bicyclic) bond motifs is 2. The summed E-state index contributed by atoms with van der Waals surface area (Å²) in [5.41, 5.74) is 8.54. The maximum atomic E-state index is 12.8. The van der Waals surface area contributed by atoms with Crippen molar-refractivity contribution in [1.82, 2.24) is 4.98 Å². The zero-order chi connectivity index (χ0) is 15.1. The Labute approximate surface area is 128 Å². The van der Waals surface area contributed by atoms with Gasteiger partial charge in [-0.3, -0.25) is 9.59 Å². The smallest absolute Gasteiger partial charge is 0.245 e. The third kappa shape index (κ3) is 2.55. The Morgan fingerprint density at radius 1 is 1.48 bits per heavy atom. The van der Waals surface area contributed by atoms with E-state index in [0.717, 1.165) is 35.5 Å². The highest BCUT2D eigenvalue weighted by atomic mass is 32.2. The second-order valence-corrected chi connectivity index (χ2v) is 7.21. The Balaban J connectivity index is 2.08. The first-order valence-corrected chi connectivity index (χ1v) is 8.37. The number of thioether (sulfide) groups is 1. The number of aromatic amines is 1. The normalized spacial score (nSPS) is 20.7. The van der Waals surface area contributed by atoms with E-state index < -0.39 is 5.91 Å². The maximum Gasteiger partial charge on any atom is 0.245 e. The molecule has 5 heteroatoms. The maximum absolute atomic E-state index is 12.8. The number of primary amides is 1. The number of aromatic nitrogens is 1. The van der Waals surface area contributed by atoms with Crippen LogP contribution >= 0.6 is 11.8 Å². The number of pyridine rings is 1. The average Bonchev–Trinajstić information content (AvgIpc) is 2.46. The monoisotopic (exact) mass is 304 g/mol. The van der Waals surface area contributed by atoms with Crippen LogP contribution in [-0.2, 0) is 17.6 Å². The number of hydrogen-bond acceptors (Lipinski definition) is 3. The summed E-state index contributed by atoms with van der Waals surface area (Å²) >= 11 is 1.49. The number of carbonyl (C=O) groups excluding carboxylic acids is 1. The van der Waals surface area contributed by atoms with Gasteiger partial charge < -0.3 is 10.7 Å². The molecule has 112 valence electrons. The van der Waals surface area contributed by atoms with Crippen LogP contribution in [0.1, 0.15) is 37.1 Å². The van der Waals surface area contributed by atoms with Crippen LogP contribution < -0.4 is 11.2 Å². The van der Waals surface area contributed by atoms with Crippen LogP contribution in [-0.4, -0.2) is 16.6 Å². The van der Waals surface area contributed by atoms with Crippen molar-refractivity contribution in [1.29, 1.82) is 0 Å². The second-order valence-electron chi connectivity index (χ2n) is 6.22. The van der Waals surface area contributed by atoms with E-state index in [1.165, 1.54) is 11.8 Å². The number of hydrogen-bond donors (Lipinski definition) is 2. The van der Waals surface area contributed by atoms with Crippen molar-refractivity contribution in [2.75, 3.05) is 5.75 Å². The van der Waals surface area contributed by atoms with Crippen molar-refractivity contribution in [2.45, 2.75) is 38.1 Å². The van der Waals surface area contributed by atoms with Gasteiger partial charge in [-0.05, 0) is 37.2 Å². The molecule has 1 unspecified atom stereocenters. The predicted octanol–water partition coefficient (Wildman–Crippen LogP) is 2.11. The summed E-state index contributed by atoms with van der Waals surface area (Å²) in [4.78, 5) is 27.5. The minimum atomic E-state index is -0.440. The molecule has 1 amide bonds. The van der Waals surface area contributed by atoms with Gasteiger partial charge in [-0.2, -0.15) is 0 Å². The number of amides is 1. The average molecular weight is 304 g/mol. The van der Waals surface area contributed by atoms with Gasteiger partial charge in [0.2, 0.25) is 5.91 Å². The minimum Gasteiger partial charge on any atom is -0.366 e. The van der Waals surface area contributed by atoms with Gasteiger partial charge in [-0.1, -0.05) is 13.8 Å². The van der Waals surface area contributed by atoms with Gasteiger partial charge in [0.15, 0.2) is 5.43 Å². The second kappa shape index (κ2) is 5.37. The summed E-state index contributed by atoms with van der Waals surface area (Å²) in [5, 5.41) is 0.881. The molecule has 2 aliphatic rings. The standard InChI is InChI=1S/C16H20N2O2S/c1-8(2)9-3-4-13-11(5-9)14(19)12-6-10(15(17)20)7-21-16(12)18-13/h6,8-9H,3-5,7H2,1-2H3,(H2,17,20)(H,18,19). The molecule has 1 atom stereocenters. The fraction of sp³-hybridized carbons (Fsp3) is 0.500. The van der Waals surface area contributed by atoms with Gasteiger partial charge in [0.1, 0.15) is 0 Å². The predicted molar refractivity (Wildman–Crippen MR) is 85.3 cm³/mol. The lowest BCUT2D eigenvalue weighted by Crippen LogP contribution is -2.29. The first-order valence-electron chi connectivity index (χ1n) is 7.38. The van der Waals surface area contributed by atoms with Crippen LogP contribution in [0.3, 0.4) is 0 Å². The van der Waals surface area contributed by atoms with Crippen molar-refractivity contribution in [3.8, 4) is 0 Å². The molecule has 1 aliphatic heterocycles. The third-order valence-corrected chi connectivity index (χ3v) is 5.64. The molecule has 4 nitrogen and oxygen atoms in total. The van der Waals surface area contributed by atoms with E-state index in [1.54, 1.807) is 6.08 Å². The van der Waals surface area contributed by atoms with Crippen LogP contribution in [0.4, 0.5) is 0 Å². The van der Waals surface area contributed by atoms with E-state index >= 15 is 0 Å². The van der Waals surface area contributed by atoms with E-state index in [4.69, 9.17) is 5.73 Å². The highest BCUT2D eigenvalue weighted by Gasteiger charge is 2.27. The molecule has 3 N–H and O–H groups in total. The highest BCUT2D eigenvalue weighted by Crippen LogP contribution is 2.33. The summed E-state index contributed by atoms with van der Waals surface area (Å²) in [6.07, 6.45) is 4.58. The fourth-order valence-electron chi connectivity index (χ4n) is 3.13.